The summed E-state index contributed by atoms with van der Waals surface area (Å²) in [7, 11) is 0. The fourth-order valence-corrected chi connectivity index (χ4v) is 2.04. The molecule has 17 heavy (non-hydrogen) atoms. The molecule has 0 aliphatic rings. The molecule has 1 aromatic carbocycles. The molecule has 0 atom stereocenters. The first-order chi connectivity index (χ1) is 8.25. The van der Waals surface area contributed by atoms with Gasteiger partial charge in [0, 0.05) is 23.5 Å². The van der Waals surface area contributed by atoms with Crippen molar-refractivity contribution in [2.45, 2.75) is 0 Å². The molecule has 2 aromatic heterocycles. The highest BCUT2D eigenvalue weighted by Gasteiger charge is 2.12. The number of benzene rings is 1. The molecule has 84 valence electrons. The molecule has 2 heterocycles. The van der Waals surface area contributed by atoms with E-state index >= 15 is 0 Å². The molecule has 0 radical (unpaired) electrons. The summed E-state index contributed by atoms with van der Waals surface area (Å²) in [6.07, 6.45) is 3.78. The van der Waals surface area contributed by atoms with Crippen LogP contribution in [0.25, 0.3) is 22.0 Å². The van der Waals surface area contributed by atoms with Crippen molar-refractivity contribution < 1.29 is 4.98 Å². The van der Waals surface area contributed by atoms with Gasteiger partial charge in [-0.1, -0.05) is 12.1 Å². The molecule has 4 heteroatoms. The third kappa shape index (κ3) is 1.50. The van der Waals surface area contributed by atoms with Gasteiger partial charge in [-0.3, -0.25) is 5.73 Å². The number of H-pyrrole nitrogens is 2. The standard InChI is InChI=1S/C13H12N4/c14-9-3-1-8(2-4-9)10-7-17-11-5-6-16-13(15)12(10)11/h1-7,17H,14H2,(H2,15,16)/p+1. The van der Waals surface area contributed by atoms with E-state index in [0.717, 1.165) is 27.7 Å². The van der Waals surface area contributed by atoms with Gasteiger partial charge < -0.3 is 10.7 Å². The highest BCUT2D eigenvalue weighted by atomic mass is 14.8. The first-order valence-electron chi connectivity index (χ1n) is 5.39. The van der Waals surface area contributed by atoms with Crippen molar-refractivity contribution >= 4 is 22.4 Å². The monoisotopic (exact) mass is 225 g/mol. The van der Waals surface area contributed by atoms with Gasteiger partial charge in [-0.15, -0.1) is 0 Å². The van der Waals surface area contributed by atoms with Crippen molar-refractivity contribution in [2.75, 3.05) is 11.5 Å². The van der Waals surface area contributed by atoms with Gasteiger partial charge in [0.2, 0.25) is 0 Å². The highest BCUT2D eigenvalue weighted by molar-refractivity contribution is 6.00. The zero-order valence-electron chi connectivity index (χ0n) is 9.20. The first-order valence-corrected chi connectivity index (χ1v) is 5.39. The Bertz CT molecular complexity index is 667. The molecule has 0 amide bonds. The van der Waals surface area contributed by atoms with Crippen molar-refractivity contribution in [2.24, 2.45) is 0 Å². The number of aromatic amines is 2. The SMILES string of the molecule is Nc1ccc(-c2c[nH]c3cc[nH+]c(N)c23)cc1. The molecule has 0 fully saturated rings. The number of aromatic nitrogens is 2. The molecule has 3 rings (SSSR count). The molecule has 0 spiro atoms. The van der Waals surface area contributed by atoms with Crippen molar-refractivity contribution in [3.8, 4) is 11.1 Å². The van der Waals surface area contributed by atoms with Crippen LogP contribution in [0.3, 0.4) is 0 Å². The summed E-state index contributed by atoms with van der Waals surface area (Å²) < 4.78 is 0. The second kappa shape index (κ2) is 3.52. The van der Waals surface area contributed by atoms with Crippen LogP contribution < -0.4 is 16.5 Å². The molecular weight excluding hydrogens is 212 g/mol. The minimum atomic E-state index is 0.663. The van der Waals surface area contributed by atoms with Crippen LogP contribution in [0.4, 0.5) is 11.5 Å². The van der Waals surface area contributed by atoms with Gasteiger partial charge in [0.1, 0.15) is 0 Å². The fraction of sp³-hybridized carbons (Fsp3) is 0. The molecule has 4 nitrogen and oxygen atoms in total. The molecule has 0 aliphatic heterocycles. The maximum atomic E-state index is 5.97. The number of nitrogens with two attached hydrogens (primary N) is 2. The Morgan fingerprint density at radius 2 is 1.76 bits per heavy atom. The highest BCUT2D eigenvalue weighted by Crippen LogP contribution is 2.30. The van der Waals surface area contributed by atoms with Crippen molar-refractivity contribution in [3.05, 3.63) is 42.7 Å². The van der Waals surface area contributed by atoms with Crippen molar-refractivity contribution in [1.82, 2.24) is 4.98 Å². The average Bonchev–Trinajstić information content (AvgIpc) is 2.75. The minimum absolute atomic E-state index is 0.663. The maximum absolute atomic E-state index is 5.97. The molecule has 0 saturated carbocycles. The molecule has 6 N–H and O–H groups in total. The Labute approximate surface area is 98.3 Å². The number of hydrogen-bond donors (Lipinski definition) is 3. The number of nitrogens with one attached hydrogen (secondary N) is 2. The quantitative estimate of drug-likeness (QED) is 0.552. The molecular formula is C13H13N4+. The van der Waals surface area contributed by atoms with Crippen LogP contribution in [0.2, 0.25) is 0 Å². The van der Waals surface area contributed by atoms with Crippen LogP contribution >= 0.6 is 0 Å². The Morgan fingerprint density at radius 1 is 1.00 bits per heavy atom. The van der Waals surface area contributed by atoms with Gasteiger partial charge in [0.25, 0.3) is 5.82 Å². The fourth-order valence-electron chi connectivity index (χ4n) is 2.04. The maximum Gasteiger partial charge on any atom is 0.280 e. The van der Waals surface area contributed by atoms with E-state index in [9.17, 15) is 0 Å². The van der Waals surface area contributed by atoms with Gasteiger partial charge in [-0.05, 0) is 17.7 Å². The second-order valence-electron chi connectivity index (χ2n) is 4.00. The number of pyridine rings is 1. The van der Waals surface area contributed by atoms with Crippen molar-refractivity contribution in [3.63, 3.8) is 0 Å². The smallest absolute Gasteiger partial charge is 0.280 e. The van der Waals surface area contributed by atoms with Gasteiger partial charge in [0.05, 0.1) is 17.1 Å². The second-order valence-corrected chi connectivity index (χ2v) is 4.00. The lowest BCUT2D eigenvalue weighted by Crippen LogP contribution is -2.08. The van der Waals surface area contributed by atoms with Crippen LogP contribution in [0.15, 0.2) is 42.7 Å². The number of nitrogen functional groups attached to an aromatic ring is 2. The van der Waals surface area contributed by atoms with Gasteiger partial charge in [-0.2, -0.15) is 0 Å². The Hall–Kier alpha value is -2.49. The van der Waals surface area contributed by atoms with E-state index in [-0.39, 0.29) is 0 Å². The minimum Gasteiger partial charge on any atom is -0.399 e. The van der Waals surface area contributed by atoms with E-state index in [1.165, 1.54) is 0 Å². The number of hydrogen-bond acceptors (Lipinski definition) is 2. The predicted molar refractivity (Wildman–Crippen MR) is 69.1 cm³/mol. The van der Waals surface area contributed by atoms with Crippen LogP contribution in [0, 0.1) is 0 Å². The zero-order chi connectivity index (χ0) is 11.8. The van der Waals surface area contributed by atoms with E-state index in [1.54, 1.807) is 0 Å². The molecule has 0 bridgehead atoms. The normalized spacial score (nSPS) is 10.8. The van der Waals surface area contributed by atoms with Gasteiger partial charge >= 0.3 is 0 Å². The van der Waals surface area contributed by atoms with E-state index in [1.807, 2.05) is 42.7 Å². The number of fused-ring (bicyclic) bond motifs is 1. The third-order valence-corrected chi connectivity index (χ3v) is 2.89. The van der Waals surface area contributed by atoms with E-state index in [2.05, 4.69) is 9.97 Å². The summed E-state index contributed by atoms with van der Waals surface area (Å²) in [4.78, 5) is 6.23. The van der Waals surface area contributed by atoms with Crippen LogP contribution in [-0.4, -0.2) is 4.98 Å². The van der Waals surface area contributed by atoms with Crippen LogP contribution in [0.1, 0.15) is 0 Å². The summed E-state index contributed by atoms with van der Waals surface area (Å²) in [5.74, 6) is 0.663. The van der Waals surface area contributed by atoms with E-state index in [4.69, 9.17) is 11.5 Å². The number of rotatable bonds is 1. The summed E-state index contributed by atoms with van der Waals surface area (Å²) in [6.45, 7) is 0. The Morgan fingerprint density at radius 3 is 2.53 bits per heavy atom. The van der Waals surface area contributed by atoms with Crippen molar-refractivity contribution in [1.29, 1.82) is 0 Å². The summed E-state index contributed by atoms with van der Waals surface area (Å²) in [6, 6.07) is 9.72. The zero-order valence-corrected chi connectivity index (χ0v) is 9.20. The lowest BCUT2D eigenvalue weighted by Gasteiger charge is -2.00. The summed E-state index contributed by atoms with van der Waals surface area (Å²) >= 11 is 0. The lowest BCUT2D eigenvalue weighted by atomic mass is 10.1. The summed E-state index contributed by atoms with van der Waals surface area (Å²) in [5.41, 5.74) is 15.6. The van der Waals surface area contributed by atoms with E-state index < -0.39 is 0 Å². The third-order valence-electron chi connectivity index (χ3n) is 2.89. The van der Waals surface area contributed by atoms with Gasteiger partial charge in [0.15, 0.2) is 0 Å². The largest absolute Gasteiger partial charge is 0.399 e. The Balaban J connectivity index is 2.27. The van der Waals surface area contributed by atoms with Crippen LogP contribution in [0.5, 0.6) is 0 Å². The molecule has 0 aliphatic carbocycles. The summed E-state index contributed by atoms with van der Waals surface area (Å²) in [5, 5.41) is 1.01. The van der Waals surface area contributed by atoms with Crippen LogP contribution in [-0.2, 0) is 0 Å². The predicted octanol–water partition coefficient (Wildman–Crippen LogP) is 1.81. The lowest BCUT2D eigenvalue weighted by molar-refractivity contribution is -0.358. The molecule has 3 aromatic rings. The number of anilines is 2. The first kappa shape index (κ1) is 9.72. The molecule has 0 unspecified atom stereocenters. The topological polar surface area (TPSA) is 82.0 Å². The Kier molecular flexibility index (Phi) is 2.01. The average molecular weight is 225 g/mol. The molecule has 0 saturated heterocycles. The van der Waals surface area contributed by atoms with Gasteiger partial charge in [-0.25, -0.2) is 4.98 Å². The van der Waals surface area contributed by atoms with E-state index in [0.29, 0.717) is 5.82 Å².